The van der Waals surface area contributed by atoms with E-state index in [0.717, 1.165) is 32.1 Å². The third-order valence-corrected chi connectivity index (χ3v) is 7.06. The van der Waals surface area contributed by atoms with E-state index in [4.69, 9.17) is 0 Å². The SMILES string of the molecule is CCCCCCCCCCCCCC(=O)[C@H](CCCCCCCCCCCCC)CC(=O)O. The molecule has 0 aromatic heterocycles. The Morgan fingerprint density at radius 1 is 0.515 bits per heavy atom. The number of carboxylic acids is 1. The van der Waals surface area contributed by atoms with Crippen LogP contribution in [0.1, 0.15) is 174 Å². The molecule has 1 N–H and O–H groups in total. The molecule has 0 radical (unpaired) electrons. The Morgan fingerprint density at radius 2 is 0.848 bits per heavy atom. The number of Topliss-reactive ketones (excluding diaryl/α,β-unsaturated/α-hetero) is 1. The standard InChI is InChI=1S/C30H58O3/c1-3-5-7-9-11-13-15-17-19-21-23-25-28(27-30(32)33)29(31)26-24-22-20-18-16-14-12-10-8-6-4-2/h28H,3-27H2,1-2H3,(H,32,33)/t28-/m1/s1. The van der Waals surface area contributed by atoms with Crippen LogP contribution >= 0.6 is 0 Å². The summed E-state index contributed by atoms with van der Waals surface area (Å²) in [6, 6.07) is 0. The van der Waals surface area contributed by atoms with Gasteiger partial charge in [-0.2, -0.15) is 0 Å². The maximum absolute atomic E-state index is 12.6. The zero-order valence-corrected chi connectivity index (χ0v) is 22.5. The fourth-order valence-corrected chi connectivity index (χ4v) is 4.81. The molecule has 3 heteroatoms. The van der Waals surface area contributed by atoms with Crippen molar-refractivity contribution >= 4 is 11.8 Å². The lowest BCUT2D eigenvalue weighted by atomic mass is 9.90. The van der Waals surface area contributed by atoms with Crippen LogP contribution in [-0.4, -0.2) is 16.9 Å². The zero-order valence-electron chi connectivity index (χ0n) is 22.5. The normalized spacial score (nSPS) is 12.2. The molecule has 0 bridgehead atoms. The van der Waals surface area contributed by atoms with E-state index in [1.165, 1.54) is 116 Å². The summed E-state index contributed by atoms with van der Waals surface area (Å²) >= 11 is 0. The maximum Gasteiger partial charge on any atom is 0.304 e. The summed E-state index contributed by atoms with van der Waals surface area (Å²) in [6.07, 6.45) is 29.5. The van der Waals surface area contributed by atoms with Gasteiger partial charge in [-0.05, 0) is 12.8 Å². The lowest BCUT2D eigenvalue weighted by Gasteiger charge is -2.14. The summed E-state index contributed by atoms with van der Waals surface area (Å²) in [5.74, 6) is -0.889. The molecule has 0 aromatic carbocycles. The van der Waals surface area contributed by atoms with Crippen LogP contribution in [-0.2, 0) is 9.59 Å². The van der Waals surface area contributed by atoms with Gasteiger partial charge in [0.05, 0.1) is 6.42 Å². The molecule has 3 nitrogen and oxygen atoms in total. The Bertz CT molecular complexity index is 432. The number of aliphatic carboxylic acids is 1. The quantitative estimate of drug-likeness (QED) is 0.122. The van der Waals surface area contributed by atoms with Gasteiger partial charge in [0.2, 0.25) is 0 Å². The zero-order chi connectivity index (χ0) is 24.4. The highest BCUT2D eigenvalue weighted by Gasteiger charge is 2.20. The molecule has 0 saturated carbocycles. The summed E-state index contributed by atoms with van der Waals surface area (Å²) in [5.41, 5.74) is 0. The van der Waals surface area contributed by atoms with E-state index < -0.39 is 5.97 Å². The molecule has 0 aliphatic rings. The van der Waals surface area contributed by atoms with Crippen molar-refractivity contribution in [2.45, 2.75) is 174 Å². The highest BCUT2D eigenvalue weighted by Crippen LogP contribution is 2.20. The third kappa shape index (κ3) is 24.1. The van der Waals surface area contributed by atoms with Gasteiger partial charge in [-0.1, -0.05) is 149 Å². The topological polar surface area (TPSA) is 54.4 Å². The highest BCUT2D eigenvalue weighted by molar-refractivity contribution is 5.84. The molecule has 0 rings (SSSR count). The van der Waals surface area contributed by atoms with Gasteiger partial charge < -0.3 is 5.11 Å². The van der Waals surface area contributed by atoms with Gasteiger partial charge in [-0.3, -0.25) is 9.59 Å². The van der Waals surface area contributed by atoms with E-state index in [1.54, 1.807) is 0 Å². The fraction of sp³-hybridized carbons (Fsp3) is 0.933. The molecule has 0 fully saturated rings. The van der Waals surface area contributed by atoms with E-state index in [0.29, 0.717) is 6.42 Å². The Balaban J connectivity index is 3.72. The predicted molar refractivity (Wildman–Crippen MR) is 143 cm³/mol. The van der Waals surface area contributed by atoms with Crippen LogP contribution in [0.3, 0.4) is 0 Å². The monoisotopic (exact) mass is 466 g/mol. The molecule has 0 aliphatic heterocycles. The highest BCUT2D eigenvalue weighted by atomic mass is 16.4. The minimum atomic E-state index is -0.824. The molecule has 0 saturated heterocycles. The average molecular weight is 467 g/mol. The Kier molecular flexibility index (Phi) is 25.1. The molecule has 0 aromatic rings. The first-order chi connectivity index (χ1) is 16.1. The van der Waals surface area contributed by atoms with Crippen LogP contribution < -0.4 is 0 Å². The molecular formula is C30H58O3. The summed E-state index contributed by atoms with van der Waals surface area (Å²) in [7, 11) is 0. The van der Waals surface area contributed by atoms with Crippen LogP contribution in [0.5, 0.6) is 0 Å². The van der Waals surface area contributed by atoms with E-state index in [2.05, 4.69) is 13.8 Å². The van der Waals surface area contributed by atoms with Crippen molar-refractivity contribution in [1.82, 2.24) is 0 Å². The van der Waals surface area contributed by atoms with Gasteiger partial charge in [0.25, 0.3) is 0 Å². The first kappa shape index (κ1) is 32.1. The van der Waals surface area contributed by atoms with Gasteiger partial charge in [-0.15, -0.1) is 0 Å². The van der Waals surface area contributed by atoms with Crippen LogP contribution in [0, 0.1) is 5.92 Å². The van der Waals surface area contributed by atoms with Gasteiger partial charge in [0, 0.05) is 12.3 Å². The summed E-state index contributed by atoms with van der Waals surface area (Å²) in [5, 5.41) is 9.22. The first-order valence-electron chi connectivity index (χ1n) is 14.9. The summed E-state index contributed by atoms with van der Waals surface area (Å²) < 4.78 is 0. The van der Waals surface area contributed by atoms with E-state index >= 15 is 0 Å². The Hall–Kier alpha value is -0.860. The first-order valence-corrected chi connectivity index (χ1v) is 14.9. The number of carboxylic acid groups (broad SMARTS) is 1. The molecule has 0 unspecified atom stereocenters. The number of ketones is 1. The number of rotatable bonds is 27. The second-order valence-electron chi connectivity index (χ2n) is 10.4. The van der Waals surface area contributed by atoms with Gasteiger partial charge in [0.1, 0.15) is 5.78 Å². The molecule has 196 valence electrons. The van der Waals surface area contributed by atoms with E-state index in [9.17, 15) is 14.7 Å². The largest absolute Gasteiger partial charge is 0.481 e. The molecule has 0 heterocycles. The van der Waals surface area contributed by atoms with E-state index in [1.807, 2.05) is 0 Å². The predicted octanol–water partition coefficient (Wildman–Crippen LogP) is 10.0. The molecule has 0 amide bonds. The minimum absolute atomic E-state index is 0.0224. The van der Waals surface area contributed by atoms with Crippen molar-refractivity contribution in [3.05, 3.63) is 0 Å². The average Bonchev–Trinajstić information content (AvgIpc) is 2.79. The third-order valence-electron chi connectivity index (χ3n) is 7.06. The summed E-state index contributed by atoms with van der Waals surface area (Å²) in [4.78, 5) is 23.8. The minimum Gasteiger partial charge on any atom is -0.481 e. The second kappa shape index (κ2) is 25.8. The fourth-order valence-electron chi connectivity index (χ4n) is 4.81. The maximum atomic E-state index is 12.6. The molecule has 0 aliphatic carbocycles. The number of unbranched alkanes of at least 4 members (excludes halogenated alkanes) is 20. The van der Waals surface area contributed by atoms with Gasteiger partial charge >= 0.3 is 5.97 Å². The number of carbonyl (C=O) groups excluding carboxylic acids is 1. The molecule has 0 spiro atoms. The number of hydrogen-bond acceptors (Lipinski definition) is 2. The van der Waals surface area contributed by atoms with Crippen molar-refractivity contribution in [1.29, 1.82) is 0 Å². The second-order valence-corrected chi connectivity index (χ2v) is 10.4. The smallest absolute Gasteiger partial charge is 0.304 e. The Morgan fingerprint density at radius 3 is 1.21 bits per heavy atom. The van der Waals surface area contributed by atoms with Crippen LogP contribution in [0.15, 0.2) is 0 Å². The number of hydrogen-bond donors (Lipinski definition) is 1. The lowest BCUT2D eigenvalue weighted by Crippen LogP contribution is -2.18. The van der Waals surface area contributed by atoms with E-state index in [-0.39, 0.29) is 18.1 Å². The molecule has 33 heavy (non-hydrogen) atoms. The van der Waals surface area contributed by atoms with Gasteiger partial charge in [-0.25, -0.2) is 0 Å². The van der Waals surface area contributed by atoms with Crippen LogP contribution in [0.25, 0.3) is 0 Å². The lowest BCUT2D eigenvalue weighted by molar-refractivity contribution is -0.140. The van der Waals surface area contributed by atoms with Crippen molar-refractivity contribution in [2.24, 2.45) is 5.92 Å². The van der Waals surface area contributed by atoms with Gasteiger partial charge in [0.15, 0.2) is 0 Å². The Labute approximate surface area is 206 Å². The van der Waals surface area contributed by atoms with Crippen molar-refractivity contribution < 1.29 is 14.7 Å². The number of carbonyl (C=O) groups is 2. The van der Waals surface area contributed by atoms with Crippen molar-refractivity contribution in [3.63, 3.8) is 0 Å². The van der Waals surface area contributed by atoms with Crippen molar-refractivity contribution in [3.8, 4) is 0 Å². The van der Waals surface area contributed by atoms with Crippen molar-refractivity contribution in [2.75, 3.05) is 0 Å². The van der Waals surface area contributed by atoms with Crippen LogP contribution in [0.4, 0.5) is 0 Å². The molecular weight excluding hydrogens is 408 g/mol. The molecule has 1 atom stereocenters. The van der Waals surface area contributed by atoms with Crippen LogP contribution in [0.2, 0.25) is 0 Å². The summed E-state index contributed by atoms with van der Waals surface area (Å²) in [6.45, 7) is 4.51.